The van der Waals surface area contributed by atoms with Crippen molar-refractivity contribution in [2.24, 2.45) is 11.8 Å². The van der Waals surface area contributed by atoms with Gasteiger partial charge in [0.15, 0.2) is 12.1 Å². The first-order valence-electron chi connectivity index (χ1n) is 37.1. The van der Waals surface area contributed by atoms with E-state index in [1.165, 1.54) is 38.8 Å². The van der Waals surface area contributed by atoms with Crippen molar-refractivity contribution in [3.8, 4) is 166 Å². The average Bonchev–Trinajstić information content (AvgIpc) is 0.857. The van der Waals surface area contributed by atoms with Gasteiger partial charge in [-0.1, -0.05) is 148 Å². The third-order valence-electron chi connectivity index (χ3n) is 16.2. The summed E-state index contributed by atoms with van der Waals surface area (Å²) in [7, 11) is -5.91. The molecule has 6 aromatic rings. The smallest absolute Gasteiger partial charge is 0.333 e. The zero-order valence-electron chi connectivity index (χ0n) is 68.6. The molecule has 3 unspecified atom stereocenters. The number of terminal acetylenes is 1. The van der Waals surface area contributed by atoms with Crippen LogP contribution in [0.1, 0.15) is 79.0 Å². The van der Waals surface area contributed by atoms with Crippen LogP contribution < -0.4 is 16.4 Å². The number of nitrogens with two attached hydrogens (primary N) is 1. The molecule has 6 aromatic carbocycles. The molecule has 45 heteroatoms. The van der Waals surface area contributed by atoms with E-state index in [4.69, 9.17) is 61.5 Å². The van der Waals surface area contributed by atoms with Gasteiger partial charge in [-0.3, -0.25) is 9.69 Å². The minimum Gasteiger partial charge on any atom is -0.480 e. The van der Waals surface area contributed by atoms with E-state index in [2.05, 4.69) is 475 Å². The predicted molar refractivity (Wildman–Crippen MR) is 820 cm³/mol. The van der Waals surface area contributed by atoms with Crippen LogP contribution in [-0.4, -0.2) is 108 Å². The van der Waals surface area contributed by atoms with Crippen LogP contribution in [-0.2, 0) is 23.9 Å². The summed E-state index contributed by atoms with van der Waals surface area (Å²) in [5.41, 5.74) is 10.0. The summed E-state index contributed by atoms with van der Waals surface area (Å²) in [6, 6.07) is 47.8. The third-order valence-corrected chi connectivity index (χ3v) is 2000. The number of carbonyl (C=O) groups is 3. The molecule has 0 aliphatic carbocycles. The van der Waals surface area contributed by atoms with Crippen LogP contribution in [0.3, 0.4) is 0 Å². The fraction of sp³-hybridized carbons (Fsp3) is 0.247. The quantitative estimate of drug-likeness (QED) is 0.0117. The number of piperidine rings is 6. The molecule has 4 bridgehead atoms. The Labute approximate surface area is 1010 Å². The van der Waals surface area contributed by atoms with Gasteiger partial charge in [-0.25, -0.2) is 9.59 Å². The fourth-order valence-corrected chi connectivity index (χ4v) is 4620. The fourth-order valence-electron chi connectivity index (χ4n) is 10.4. The number of alkyl halides is 1. The van der Waals surface area contributed by atoms with E-state index in [1.54, 1.807) is 79.7 Å². The number of nitrogens with one attached hydrogen (secondary N) is 2. The van der Waals surface area contributed by atoms with Gasteiger partial charge in [-0.2, -0.15) is 0 Å². The van der Waals surface area contributed by atoms with Gasteiger partial charge in [0.25, 0.3) is 0 Å². The molecular formula is C89H73BrCl3I28N5O8. The van der Waals surface area contributed by atoms with Crippen molar-refractivity contribution in [3.05, 3.63) is 196 Å². The van der Waals surface area contributed by atoms with E-state index in [-0.39, 0.29) is 18.2 Å². The van der Waals surface area contributed by atoms with Crippen LogP contribution in [0, 0.1) is 178 Å². The van der Waals surface area contributed by atoms with Gasteiger partial charge in [-0.05, 0) is 268 Å². The first-order chi connectivity index (χ1) is 64.3. The molecule has 7 aliphatic rings. The molecule has 0 aromatic heterocycles. The topological polar surface area (TPSA) is 187 Å². The number of rotatable bonds is 23. The number of carboxylic acids is 2. The van der Waals surface area contributed by atoms with Gasteiger partial charge < -0.3 is 46.1 Å². The molecule has 0 saturated carbocycles. The second-order valence-corrected chi connectivity index (χ2v) is 661. The molecule has 13 nitrogen and oxygen atoms in total. The summed E-state index contributed by atoms with van der Waals surface area (Å²) in [6.45, 7) is 10.2. The molecule has 726 valence electrons. The van der Waals surface area contributed by atoms with Crippen LogP contribution >= 0.6 is 433 Å². The standard InChI is InChI=1S/C29H4.C21H23ClN2O2.C14H12ClNO2.C8H7BrO2.C7H13NO.C6H6ClN.C4H8O.I28/c1-3-5-7-9-11-13-15-17-19-21-23-25-27-29-28-26-24-22-20-18-16-14-12-10-8-6-4-2;22-17-6-8-18(9-7-17)23-20(16-4-2-1-3-5-16)21(25)26-19-14-24-12-10-15(19)11-13-24;15-11-6-8-12(9-7-11)16-13(14(17)18)10-4-2-1-3-5-10;9-7(8(10)11)6-4-2-1-3-5-6;9-7-5-8-3-1-6(7)2-4-8;7-5-1-3-6(8)4-2-5;1-2-4-5-3-1;1-16(2)18(5)20(7)22(9)24(11)26(13)28(15)27(14)25(12)23(10)21(8)19(6)17(3)4/h1H,2H3;1-9,15,19-20,23H,10-14H2;1-9,13,16H,(H,17,18);1-5,7H,(H,10,11);6-7,9H,1-5H2;1-4H,8H2;1-4H2;/t;19-,20?;;;7-;;;/m.0..0.../s1. The normalized spacial score (nSPS) is 17.0. The molecular weight excluding hydrogens is 5010 g/mol. The zero-order chi connectivity index (χ0) is 98.5. The number of anilines is 3. The Bertz CT molecular complexity index is 5560. The van der Waals surface area contributed by atoms with E-state index < -0.39 is 131 Å². The number of nitrogens with zero attached hydrogens (tertiary/aromatic N) is 2. The molecule has 0 radical (unpaired) electrons. The largest absolute Gasteiger partial charge is 0.480 e. The Hall–Kier alpha value is 8.60. The minimum atomic E-state index is -0.920. The Morgan fingerprint density at radius 2 is 0.709 bits per heavy atom. The number of hydrogen-bond acceptors (Lipinski definition) is 11. The summed E-state index contributed by atoms with van der Waals surface area (Å²) in [5.74, 6) is 66.0. The molecule has 7 saturated heterocycles. The second kappa shape index (κ2) is 84.0. The molecule has 0 amide bonds. The maximum absolute atomic E-state index is 13.0. The molecule has 7 fully saturated rings. The van der Waals surface area contributed by atoms with Crippen molar-refractivity contribution in [3.63, 3.8) is 0 Å². The Kier molecular flexibility index (Phi) is 84.5. The van der Waals surface area contributed by atoms with Gasteiger partial charge in [0, 0.05) is 118 Å². The van der Waals surface area contributed by atoms with E-state index in [0.717, 1.165) is 85.4 Å². The summed E-state index contributed by atoms with van der Waals surface area (Å²) in [5, 5.41) is 35.5. The number of aliphatic hydroxyl groups excluding tert-OH is 1. The van der Waals surface area contributed by atoms with E-state index in [0.29, 0.717) is 27.4 Å². The zero-order valence-corrected chi connectivity index (χ0v) is 133. The summed E-state index contributed by atoms with van der Waals surface area (Å²) >= 11 is 67.3. The summed E-state index contributed by atoms with van der Waals surface area (Å²) in [6.07, 6.45) is 12.2. The van der Waals surface area contributed by atoms with Gasteiger partial charge in [0.1, 0.15) is 10.9 Å². The van der Waals surface area contributed by atoms with Crippen molar-refractivity contribution in [1.29, 1.82) is 0 Å². The number of aliphatic hydroxyl groups is 1. The molecule has 7 heterocycles. The van der Waals surface area contributed by atoms with Crippen LogP contribution in [0.15, 0.2) is 164 Å². The number of hydrogen-bond donors (Lipinski definition) is 6. The molecule has 134 heavy (non-hydrogen) atoms. The molecule has 5 atom stereocenters. The van der Waals surface area contributed by atoms with Crippen molar-refractivity contribution in [2.75, 3.05) is 68.8 Å². The number of aliphatic carboxylic acids is 2. The monoisotopic (exact) mass is 5080 g/mol. The number of carbonyl (C=O) groups excluding carboxylic acids is 1. The van der Waals surface area contributed by atoms with Gasteiger partial charge in [0.05, 0.1) is 6.10 Å². The van der Waals surface area contributed by atoms with Crippen molar-refractivity contribution in [1.82, 2.24) is 9.80 Å². The number of ether oxygens (including phenoxy) is 2. The average molecular weight is 5080 g/mol. The number of halogens is 32. The first-order valence-corrected chi connectivity index (χ1v) is 209. The SMILES string of the molecule is C#CC#CC#CC#CC#CC#CC#CC#CC#CC#CC#CC#CC#CC#CC.C1CCOC1.II(I)I(I)I(I)I(I)I(I)I(I)I(I)I(I)I(I)I(I)I(I)I(I)I(I)I.Nc1ccc(Cl)cc1.O=C(O)C(Br)c1ccccc1.O=C(O)C(Nc1ccc(Cl)cc1)c1ccccc1.O=C(O[C@H]1CN2CCC1CC2)C(Nc1ccc(Cl)cc1)c1ccccc1.O[C@H]1CN2CCC1CC2. The number of nitrogen functional groups attached to an aromatic ring is 1. The van der Waals surface area contributed by atoms with E-state index in [1.807, 2.05) is 91.0 Å². The molecule has 0 spiro atoms. The Balaban J connectivity index is 0.000000336. The predicted octanol–water partition coefficient (Wildman–Crippen LogP) is 38.2. The number of carboxylic acid groups (broad SMARTS) is 2. The second-order valence-electron chi connectivity index (χ2n) is 24.8. The van der Waals surface area contributed by atoms with Crippen LogP contribution in [0.4, 0.5) is 17.1 Å². The number of esters is 1. The Morgan fingerprint density at radius 1 is 0.418 bits per heavy atom. The minimum absolute atomic E-state index is 0.00299. The maximum Gasteiger partial charge on any atom is 0.333 e. The summed E-state index contributed by atoms with van der Waals surface area (Å²) < 4.78 is 10.9. The molecule has 13 rings (SSSR count). The van der Waals surface area contributed by atoms with Crippen molar-refractivity contribution in [2.45, 2.75) is 74.6 Å². The summed E-state index contributed by atoms with van der Waals surface area (Å²) in [4.78, 5) is 38.9. The van der Waals surface area contributed by atoms with E-state index in [9.17, 15) is 24.6 Å². The number of fused-ring (bicyclic) bond motifs is 6. The van der Waals surface area contributed by atoms with Gasteiger partial charge >= 0.3 is 400 Å². The van der Waals surface area contributed by atoms with Gasteiger partial charge in [-0.15, -0.1) is 6.42 Å². The van der Waals surface area contributed by atoms with E-state index >= 15 is 0 Å². The molecule has 7 aliphatic heterocycles. The van der Waals surface area contributed by atoms with Gasteiger partial charge in [0.2, 0.25) is 0 Å². The van der Waals surface area contributed by atoms with Crippen molar-refractivity contribution < 1.29 is 39.2 Å². The van der Waals surface area contributed by atoms with Crippen LogP contribution in [0.2, 0.25) is 15.1 Å². The Morgan fingerprint density at radius 3 is 0.963 bits per heavy atom. The number of benzene rings is 6. The first kappa shape index (κ1) is 135. The maximum atomic E-state index is 13.0. The van der Waals surface area contributed by atoms with Crippen molar-refractivity contribution >= 4 is 468 Å². The third kappa shape index (κ3) is 60.1. The van der Waals surface area contributed by atoms with Crippen LogP contribution in [0.5, 0.6) is 0 Å². The molecule has 7 N–H and O–H groups in total. The van der Waals surface area contributed by atoms with Crippen LogP contribution in [0.25, 0.3) is 0 Å².